The molecule has 0 atom stereocenters. The van der Waals surface area contributed by atoms with Crippen molar-refractivity contribution in [1.29, 1.82) is 0 Å². The minimum atomic E-state index is -4.67. The summed E-state index contributed by atoms with van der Waals surface area (Å²) in [6.07, 6.45) is 0. The Hall–Kier alpha value is -1.15. The van der Waals surface area contributed by atoms with E-state index in [0.717, 1.165) is 4.72 Å². The number of nitrogens with one attached hydrogen (secondary N) is 1. The van der Waals surface area contributed by atoms with Crippen molar-refractivity contribution in [2.24, 2.45) is 5.73 Å². The molecule has 4 N–H and O–H groups in total. The molecule has 0 heterocycles. The van der Waals surface area contributed by atoms with Gasteiger partial charge in [0.05, 0.1) is 0 Å². The third-order valence-corrected chi connectivity index (χ3v) is 0.889. The van der Waals surface area contributed by atoms with Crippen molar-refractivity contribution in [3.8, 4) is 0 Å². The van der Waals surface area contributed by atoms with Gasteiger partial charge in [-0.25, -0.2) is 4.72 Å². The Bertz CT molecular complexity index is 253. The van der Waals surface area contributed by atoms with Gasteiger partial charge >= 0.3 is 22.1 Å². The zero-order valence-electron chi connectivity index (χ0n) is 4.57. The van der Waals surface area contributed by atoms with E-state index in [1.54, 1.807) is 0 Å². The second-order valence-corrected chi connectivity index (χ2v) is 2.42. The Morgan fingerprint density at radius 1 is 1.40 bits per heavy atom. The summed E-state index contributed by atoms with van der Waals surface area (Å²) in [5.41, 5.74) is 4.32. The molecule has 0 saturated carbocycles. The Labute approximate surface area is 56.1 Å². The van der Waals surface area contributed by atoms with Crippen LogP contribution in [0.5, 0.6) is 0 Å². The van der Waals surface area contributed by atoms with Crippen molar-refractivity contribution in [1.82, 2.24) is 4.72 Å². The van der Waals surface area contributed by atoms with Gasteiger partial charge in [0.25, 0.3) is 0 Å². The number of rotatable bonds is 1. The van der Waals surface area contributed by atoms with Crippen molar-refractivity contribution in [3.63, 3.8) is 0 Å². The first-order valence-electron chi connectivity index (χ1n) is 1.92. The van der Waals surface area contributed by atoms with Gasteiger partial charge in [-0.05, 0) is 0 Å². The number of carbonyl (C=O) groups is 2. The van der Waals surface area contributed by atoms with E-state index in [9.17, 15) is 18.0 Å². The summed E-state index contributed by atoms with van der Waals surface area (Å²) in [4.78, 5) is 19.8. The lowest BCUT2D eigenvalue weighted by Gasteiger charge is -1.94. The molecule has 0 aliphatic heterocycles. The minimum absolute atomic E-state index is 0.933. The summed E-state index contributed by atoms with van der Waals surface area (Å²) < 4.78 is 28.3. The second kappa shape index (κ2) is 2.62. The lowest BCUT2D eigenvalue weighted by atomic mass is 10.6. The maximum absolute atomic E-state index is 10.0. The molecule has 0 saturated heterocycles. The average Bonchev–Trinajstić information content (AvgIpc) is 1.60. The molecule has 7 nitrogen and oxygen atoms in total. The quantitative estimate of drug-likeness (QED) is 0.292. The fourth-order valence-corrected chi connectivity index (χ4v) is 0.502. The van der Waals surface area contributed by atoms with Gasteiger partial charge in [-0.15, -0.1) is 0 Å². The molecule has 2 amide bonds. The molecule has 0 aliphatic rings. The van der Waals surface area contributed by atoms with Gasteiger partial charge in [0.2, 0.25) is 0 Å². The Morgan fingerprint density at radius 3 is 1.90 bits per heavy atom. The largest absolute Gasteiger partial charge is 0.361 e. The molecule has 10 heavy (non-hydrogen) atoms. The smallest absolute Gasteiger partial charge is 0.360 e. The van der Waals surface area contributed by atoms with Crippen LogP contribution < -0.4 is 10.5 Å². The molecule has 0 aromatic rings. The molecule has 0 aromatic carbocycles. The molecule has 0 bridgehead atoms. The first kappa shape index (κ1) is 8.85. The number of amides is 2. The van der Waals surface area contributed by atoms with E-state index in [1.807, 2.05) is 0 Å². The van der Waals surface area contributed by atoms with Gasteiger partial charge in [-0.2, -0.15) is 8.42 Å². The molecule has 0 unspecified atom stereocenters. The Morgan fingerprint density at radius 2 is 1.80 bits per heavy atom. The summed E-state index contributed by atoms with van der Waals surface area (Å²) in [6.45, 7) is 0. The normalized spacial score (nSPS) is 10.5. The van der Waals surface area contributed by atoms with Crippen LogP contribution >= 0.6 is 0 Å². The highest BCUT2D eigenvalue weighted by Gasteiger charge is 2.14. The third-order valence-electron chi connectivity index (χ3n) is 0.445. The zero-order valence-corrected chi connectivity index (χ0v) is 5.38. The molecule has 0 spiro atoms. The zero-order chi connectivity index (χ0) is 8.36. The summed E-state index contributed by atoms with van der Waals surface area (Å²) in [7, 11) is -4.67. The summed E-state index contributed by atoms with van der Waals surface area (Å²) in [6, 6.07) is 0. The number of primary amides is 1. The molecule has 0 aliphatic carbocycles. The Kier molecular flexibility index (Phi) is 2.32. The lowest BCUT2D eigenvalue weighted by molar-refractivity contribution is -0.136. The topological polar surface area (TPSA) is 127 Å². The van der Waals surface area contributed by atoms with Gasteiger partial charge in [-0.3, -0.25) is 14.1 Å². The van der Waals surface area contributed by atoms with Crippen LogP contribution in [0.2, 0.25) is 0 Å². The molecular weight excluding hydrogens is 164 g/mol. The molecule has 0 aromatic heterocycles. The van der Waals surface area contributed by atoms with Gasteiger partial charge in [0, 0.05) is 0 Å². The number of hydrogen-bond donors (Lipinski definition) is 3. The van der Waals surface area contributed by atoms with Crippen molar-refractivity contribution < 1.29 is 22.6 Å². The third kappa shape index (κ3) is 3.80. The fraction of sp³-hybridized carbons (Fsp3) is 0. The maximum atomic E-state index is 10.0. The van der Waals surface area contributed by atoms with E-state index in [2.05, 4.69) is 5.73 Å². The van der Waals surface area contributed by atoms with Crippen LogP contribution in [0.1, 0.15) is 0 Å². The summed E-state index contributed by atoms with van der Waals surface area (Å²) in [5, 5.41) is 0. The van der Waals surface area contributed by atoms with Crippen LogP contribution in [0.15, 0.2) is 0 Å². The van der Waals surface area contributed by atoms with E-state index in [0.29, 0.717) is 0 Å². The van der Waals surface area contributed by atoms with Crippen LogP contribution in [0.25, 0.3) is 0 Å². The maximum Gasteiger partial charge on any atom is 0.360 e. The van der Waals surface area contributed by atoms with Crippen LogP contribution in [-0.2, 0) is 19.9 Å². The van der Waals surface area contributed by atoms with Crippen LogP contribution in [0.3, 0.4) is 0 Å². The first-order chi connectivity index (χ1) is 4.33. The van der Waals surface area contributed by atoms with Gasteiger partial charge in [0.1, 0.15) is 0 Å². The number of carbonyl (C=O) groups excluding carboxylic acids is 2. The van der Waals surface area contributed by atoms with Gasteiger partial charge in [-0.1, -0.05) is 0 Å². The van der Waals surface area contributed by atoms with E-state index < -0.39 is 22.1 Å². The van der Waals surface area contributed by atoms with E-state index in [-0.39, 0.29) is 0 Å². The Balaban J connectivity index is 4.21. The standard InChI is InChI=1S/C2H4N2O5S/c3-1(5)2(6)4-10(7,8)9/h(H2,3,5)(H,4,6)(H,7,8,9). The number of hydrogen-bond acceptors (Lipinski definition) is 4. The predicted octanol–water partition coefficient (Wildman–Crippen LogP) is -2.61. The van der Waals surface area contributed by atoms with Crippen LogP contribution in [-0.4, -0.2) is 24.8 Å². The molecule has 0 rings (SSSR count). The van der Waals surface area contributed by atoms with E-state index in [1.165, 1.54) is 0 Å². The first-order valence-corrected chi connectivity index (χ1v) is 3.36. The average molecular weight is 168 g/mol. The van der Waals surface area contributed by atoms with Crippen molar-refractivity contribution in [2.75, 3.05) is 0 Å². The van der Waals surface area contributed by atoms with Crippen LogP contribution in [0.4, 0.5) is 0 Å². The van der Waals surface area contributed by atoms with Crippen molar-refractivity contribution in [2.45, 2.75) is 0 Å². The van der Waals surface area contributed by atoms with E-state index in [4.69, 9.17) is 4.55 Å². The summed E-state index contributed by atoms with van der Waals surface area (Å²) >= 11 is 0. The minimum Gasteiger partial charge on any atom is -0.361 e. The van der Waals surface area contributed by atoms with Crippen molar-refractivity contribution >= 4 is 22.1 Å². The van der Waals surface area contributed by atoms with Crippen molar-refractivity contribution in [3.05, 3.63) is 0 Å². The molecule has 58 valence electrons. The highest BCUT2D eigenvalue weighted by Crippen LogP contribution is 1.71. The second-order valence-electron chi connectivity index (χ2n) is 1.27. The predicted molar refractivity (Wildman–Crippen MR) is 28.9 cm³/mol. The van der Waals surface area contributed by atoms with E-state index >= 15 is 0 Å². The fourth-order valence-electron chi connectivity index (χ4n) is 0.167. The molecular formula is C2H4N2O5S. The SMILES string of the molecule is NC(=O)C(=O)NS(=O)(=O)O. The number of nitrogens with two attached hydrogens (primary N) is 1. The van der Waals surface area contributed by atoms with Gasteiger partial charge in [0.15, 0.2) is 0 Å². The molecule has 8 heteroatoms. The summed E-state index contributed by atoms with van der Waals surface area (Å²) in [5.74, 6) is -3.07. The van der Waals surface area contributed by atoms with Crippen LogP contribution in [0, 0.1) is 0 Å². The van der Waals surface area contributed by atoms with Gasteiger partial charge < -0.3 is 5.73 Å². The molecule has 0 fully saturated rings. The molecule has 0 radical (unpaired) electrons. The highest BCUT2D eigenvalue weighted by molar-refractivity contribution is 7.84. The monoisotopic (exact) mass is 168 g/mol. The lowest BCUT2D eigenvalue weighted by Crippen LogP contribution is -2.39. The highest BCUT2D eigenvalue weighted by atomic mass is 32.2.